The maximum atomic E-state index is 15.2. The molecule has 34 heavy (non-hydrogen) atoms. The minimum absolute atomic E-state index is 0.0704. The number of rotatable bonds is 6. The molecule has 1 aromatic rings. The summed E-state index contributed by atoms with van der Waals surface area (Å²) >= 11 is 0. The molecule has 0 aliphatic carbocycles. The zero-order valence-electron chi connectivity index (χ0n) is 19.3. The number of nitrogens with one attached hydrogen (secondary N) is 1. The lowest BCUT2D eigenvalue weighted by Gasteiger charge is -2.36. The SMILES string of the molecule is CC(=O)NCC1CN(c2ccc(N3CC4CCCN(C(=O)COC(C)=O)[C@@H]4C3)c(F)c2)C(=O)O1. The quantitative estimate of drug-likeness (QED) is 0.616. The van der Waals surface area contributed by atoms with Gasteiger partial charge in [0.15, 0.2) is 6.61 Å². The highest BCUT2D eigenvalue weighted by atomic mass is 19.1. The van der Waals surface area contributed by atoms with E-state index in [2.05, 4.69) is 5.32 Å². The number of halogens is 1. The summed E-state index contributed by atoms with van der Waals surface area (Å²) in [5.74, 6) is -1.21. The van der Waals surface area contributed by atoms with E-state index in [9.17, 15) is 19.2 Å². The van der Waals surface area contributed by atoms with Gasteiger partial charge in [-0.3, -0.25) is 19.3 Å². The van der Waals surface area contributed by atoms with Crippen LogP contribution in [0.1, 0.15) is 26.7 Å². The van der Waals surface area contributed by atoms with Crippen molar-refractivity contribution in [2.45, 2.75) is 38.8 Å². The zero-order valence-corrected chi connectivity index (χ0v) is 19.3. The standard InChI is InChI=1S/C23H29FN4O6/c1-14(29)25-9-18-11-28(23(32)34-18)17-5-6-20(19(24)8-17)26-10-16-4-3-7-27(21(16)12-26)22(31)13-33-15(2)30/h5-6,8,16,18,21H,3-4,7,9-13H2,1-2H3,(H,25,29)/t16?,18?,21-/m1/s1. The number of nitrogens with zero attached hydrogens (tertiary/aromatic N) is 3. The largest absolute Gasteiger partial charge is 0.456 e. The second-order valence-corrected chi connectivity index (χ2v) is 8.93. The Morgan fingerprint density at radius 2 is 2.00 bits per heavy atom. The summed E-state index contributed by atoms with van der Waals surface area (Å²) < 4.78 is 25.3. The molecule has 0 spiro atoms. The maximum absolute atomic E-state index is 15.2. The van der Waals surface area contributed by atoms with Gasteiger partial charge in [-0.05, 0) is 37.0 Å². The molecular formula is C23H29FN4O6. The van der Waals surface area contributed by atoms with Crippen molar-refractivity contribution in [2.75, 3.05) is 49.1 Å². The average Bonchev–Trinajstić information content (AvgIpc) is 3.39. The number of carbonyl (C=O) groups excluding carboxylic acids is 4. The van der Waals surface area contributed by atoms with E-state index in [0.717, 1.165) is 12.8 Å². The molecule has 0 bridgehead atoms. The second-order valence-electron chi connectivity index (χ2n) is 8.93. The van der Waals surface area contributed by atoms with Gasteiger partial charge in [0.1, 0.15) is 11.9 Å². The Labute approximate surface area is 196 Å². The van der Waals surface area contributed by atoms with Crippen LogP contribution in [-0.4, -0.2) is 80.3 Å². The van der Waals surface area contributed by atoms with Crippen molar-refractivity contribution in [1.82, 2.24) is 10.2 Å². The Morgan fingerprint density at radius 3 is 2.71 bits per heavy atom. The number of esters is 1. The van der Waals surface area contributed by atoms with Crippen LogP contribution >= 0.6 is 0 Å². The highest BCUT2D eigenvalue weighted by Crippen LogP contribution is 2.36. The Balaban J connectivity index is 1.42. The van der Waals surface area contributed by atoms with E-state index in [4.69, 9.17) is 9.47 Å². The van der Waals surface area contributed by atoms with Crippen LogP contribution in [0.2, 0.25) is 0 Å². The van der Waals surface area contributed by atoms with Crippen LogP contribution in [0.4, 0.5) is 20.6 Å². The number of carbonyl (C=O) groups is 4. The predicted molar refractivity (Wildman–Crippen MR) is 120 cm³/mol. The Hall–Kier alpha value is -3.37. The fraction of sp³-hybridized carbons (Fsp3) is 0.565. The highest BCUT2D eigenvalue weighted by Gasteiger charge is 2.42. The van der Waals surface area contributed by atoms with E-state index in [1.54, 1.807) is 17.0 Å². The summed E-state index contributed by atoms with van der Waals surface area (Å²) in [7, 11) is 0. The zero-order chi connectivity index (χ0) is 24.4. The van der Waals surface area contributed by atoms with Crippen molar-refractivity contribution in [3.05, 3.63) is 24.0 Å². The summed E-state index contributed by atoms with van der Waals surface area (Å²) in [4.78, 5) is 52.0. The maximum Gasteiger partial charge on any atom is 0.414 e. The van der Waals surface area contributed by atoms with Crippen molar-refractivity contribution < 1.29 is 33.0 Å². The first-order valence-corrected chi connectivity index (χ1v) is 11.4. The van der Waals surface area contributed by atoms with Gasteiger partial charge in [-0.2, -0.15) is 0 Å². The smallest absolute Gasteiger partial charge is 0.414 e. The van der Waals surface area contributed by atoms with Crippen molar-refractivity contribution >= 4 is 35.3 Å². The van der Waals surface area contributed by atoms with Crippen LogP contribution in [-0.2, 0) is 23.9 Å². The molecule has 0 radical (unpaired) electrons. The number of likely N-dealkylation sites (tertiary alicyclic amines) is 1. The number of anilines is 2. The van der Waals surface area contributed by atoms with Gasteiger partial charge < -0.3 is 24.6 Å². The first-order valence-electron chi connectivity index (χ1n) is 11.4. The van der Waals surface area contributed by atoms with Crippen molar-refractivity contribution in [3.8, 4) is 0 Å². The van der Waals surface area contributed by atoms with E-state index in [-0.39, 0.29) is 43.5 Å². The minimum Gasteiger partial charge on any atom is -0.456 e. The highest BCUT2D eigenvalue weighted by molar-refractivity contribution is 5.90. The summed E-state index contributed by atoms with van der Waals surface area (Å²) in [6, 6.07) is 4.55. The fourth-order valence-corrected chi connectivity index (χ4v) is 4.95. The van der Waals surface area contributed by atoms with Crippen LogP contribution in [0, 0.1) is 11.7 Å². The Morgan fingerprint density at radius 1 is 1.21 bits per heavy atom. The van der Waals surface area contributed by atoms with Crippen molar-refractivity contribution in [3.63, 3.8) is 0 Å². The average molecular weight is 477 g/mol. The van der Waals surface area contributed by atoms with E-state index >= 15 is 4.39 Å². The fourth-order valence-electron chi connectivity index (χ4n) is 4.95. The minimum atomic E-state index is -0.586. The lowest BCUT2D eigenvalue weighted by atomic mass is 9.92. The second kappa shape index (κ2) is 9.86. The molecule has 184 valence electrons. The number of cyclic esters (lactones) is 1. The third kappa shape index (κ3) is 5.07. The van der Waals surface area contributed by atoms with Gasteiger partial charge in [-0.15, -0.1) is 0 Å². The first-order chi connectivity index (χ1) is 16.2. The summed E-state index contributed by atoms with van der Waals surface area (Å²) in [5.41, 5.74) is 0.791. The predicted octanol–water partition coefficient (Wildman–Crippen LogP) is 1.28. The van der Waals surface area contributed by atoms with E-state index in [1.807, 2.05) is 4.90 Å². The molecular weight excluding hydrogens is 447 g/mol. The number of piperidine rings is 1. The number of hydrogen-bond acceptors (Lipinski definition) is 7. The van der Waals surface area contributed by atoms with E-state index in [1.165, 1.54) is 24.8 Å². The van der Waals surface area contributed by atoms with Gasteiger partial charge in [0.05, 0.1) is 30.5 Å². The van der Waals surface area contributed by atoms with Gasteiger partial charge >= 0.3 is 12.1 Å². The van der Waals surface area contributed by atoms with Crippen molar-refractivity contribution in [2.24, 2.45) is 5.92 Å². The number of fused-ring (bicyclic) bond motifs is 1. The lowest BCUT2D eigenvalue weighted by Crippen LogP contribution is -2.49. The molecule has 3 fully saturated rings. The van der Waals surface area contributed by atoms with Gasteiger partial charge in [-0.1, -0.05) is 0 Å². The molecule has 3 heterocycles. The van der Waals surface area contributed by atoms with E-state index in [0.29, 0.717) is 31.0 Å². The molecule has 2 unspecified atom stereocenters. The lowest BCUT2D eigenvalue weighted by molar-refractivity contribution is -0.152. The molecule has 11 heteroatoms. The van der Waals surface area contributed by atoms with Gasteiger partial charge in [0.25, 0.3) is 5.91 Å². The summed E-state index contributed by atoms with van der Waals surface area (Å²) in [6.07, 6.45) is 0.694. The monoisotopic (exact) mass is 476 g/mol. The molecule has 4 rings (SSSR count). The molecule has 3 saturated heterocycles. The molecule has 1 aromatic carbocycles. The first kappa shape index (κ1) is 23.8. The molecule has 0 aromatic heterocycles. The molecule has 10 nitrogen and oxygen atoms in total. The molecule has 3 atom stereocenters. The van der Waals surface area contributed by atoms with Crippen molar-refractivity contribution in [1.29, 1.82) is 0 Å². The van der Waals surface area contributed by atoms with Crippen LogP contribution in [0.15, 0.2) is 18.2 Å². The number of benzene rings is 1. The molecule has 3 aliphatic rings. The van der Waals surface area contributed by atoms with Crippen LogP contribution in [0.25, 0.3) is 0 Å². The van der Waals surface area contributed by atoms with Gasteiger partial charge in [-0.25, -0.2) is 9.18 Å². The molecule has 3 amide bonds. The topological polar surface area (TPSA) is 108 Å². The molecule has 3 aliphatic heterocycles. The summed E-state index contributed by atoms with van der Waals surface area (Å²) in [6.45, 7) is 4.46. The number of amides is 3. The number of ether oxygens (including phenoxy) is 2. The van der Waals surface area contributed by atoms with Crippen LogP contribution in [0.3, 0.4) is 0 Å². The summed E-state index contributed by atoms with van der Waals surface area (Å²) in [5, 5.41) is 2.61. The molecule has 0 saturated carbocycles. The normalized spacial score (nSPS) is 24.0. The Bertz CT molecular complexity index is 988. The molecule has 1 N–H and O–H groups in total. The number of hydrogen-bond donors (Lipinski definition) is 1. The third-order valence-corrected chi connectivity index (χ3v) is 6.54. The third-order valence-electron chi connectivity index (χ3n) is 6.54. The van der Waals surface area contributed by atoms with Gasteiger partial charge in [0.2, 0.25) is 5.91 Å². The Kier molecular flexibility index (Phi) is 6.90. The van der Waals surface area contributed by atoms with E-state index < -0.39 is 24.0 Å². The van der Waals surface area contributed by atoms with Crippen LogP contribution < -0.4 is 15.1 Å². The van der Waals surface area contributed by atoms with Crippen LogP contribution in [0.5, 0.6) is 0 Å². The van der Waals surface area contributed by atoms with Gasteiger partial charge in [0, 0.05) is 33.5 Å².